The first kappa shape index (κ1) is 14.6. The van der Waals surface area contributed by atoms with Crippen LogP contribution in [0.15, 0.2) is 47.0 Å². The van der Waals surface area contributed by atoms with Gasteiger partial charge in [-0.2, -0.15) is 0 Å². The summed E-state index contributed by atoms with van der Waals surface area (Å²) in [4.78, 5) is 15.5. The Hall–Kier alpha value is -2.33. The van der Waals surface area contributed by atoms with Gasteiger partial charge in [0.05, 0.1) is 17.2 Å². The van der Waals surface area contributed by atoms with Crippen molar-refractivity contribution in [3.8, 4) is 0 Å². The van der Waals surface area contributed by atoms with Crippen molar-refractivity contribution in [2.24, 2.45) is 0 Å². The van der Waals surface area contributed by atoms with Gasteiger partial charge in [0.2, 0.25) is 0 Å². The largest absolute Gasteiger partial charge is 0.274 e. The molecule has 2 aromatic heterocycles. The number of rotatable bonds is 5. The van der Waals surface area contributed by atoms with E-state index >= 15 is 0 Å². The maximum Gasteiger partial charge on any atom is 0.269 e. The standard InChI is InChI=1S/C12H9BrN6O2S/c13-12-14-5-11(22-12)6-18(17-7-15-16-8-17)9-1-3-10(4-2-9)19(20)21/h1-5,7-8H,6H2. The van der Waals surface area contributed by atoms with Crippen LogP contribution in [-0.2, 0) is 6.54 Å². The topological polar surface area (TPSA) is 90.0 Å². The molecule has 22 heavy (non-hydrogen) atoms. The van der Waals surface area contributed by atoms with Crippen LogP contribution in [-0.4, -0.2) is 24.8 Å². The second-order valence-corrected chi connectivity index (χ2v) is 6.64. The number of anilines is 1. The number of nitrogens with zero attached hydrogens (tertiary/aromatic N) is 6. The Labute approximate surface area is 137 Å². The number of thiazole rings is 1. The number of hydrogen-bond donors (Lipinski definition) is 0. The van der Waals surface area contributed by atoms with Crippen LogP contribution in [0.5, 0.6) is 0 Å². The minimum absolute atomic E-state index is 0.0491. The Balaban J connectivity index is 1.93. The zero-order valence-electron chi connectivity index (χ0n) is 11.0. The average molecular weight is 381 g/mol. The van der Waals surface area contributed by atoms with E-state index in [-0.39, 0.29) is 5.69 Å². The minimum atomic E-state index is -0.423. The summed E-state index contributed by atoms with van der Waals surface area (Å²) in [7, 11) is 0. The summed E-state index contributed by atoms with van der Waals surface area (Å²) >= 11 is 4.85. The number of benzene rings is 1. The lowest BCUT2D eigenvalue weighted by Crippen LogP contribution is -2.27. The first-order chi connectivity index (χ1) is 10.6. The summed E-state index contributed by atoms with van der Waals surface area (Å²) in [6.07, 6.45) is 4.91. The molecular formula is C12H9BrN6O2S. The third-order valence-corrected chi connectivity index (χ3v) is 4.34. The summed E-state index contributed by atoms with van der Waals surface area (Å²) in [6.45, 7) is 0.541. The molecule has 3 aromatic rings. The predicted octanol–water partition coefficient (Wildman–Crippen LogP) is 2.88. The van der Waals surface area contributed by atoms with Crippen molar-refractivity contribution in [1.29, 1.82) is 0 Å². The number of nitro benzene ring substituents is 1. The van der Waals surface area contributed by atoms with E-state index in [0.29, 0.717) is 6.54 Å². The lowest BCUT2D eigenvalue weighted by Gasteiger charge is -2.23. The van der Waals surface area contributed by atoms with Crippen LogP contribution < -0.4 is 5.01 Å². The molecule has 1 aromatic carbocycles. The SMILES string of the molecule is O=[N+]([O-])c1ccc(N(Cc2cnc(Br)s2)n2cnnc2)cc1. The fraction of sp³-hybridized carbons (Fsp3) is 0.0833. The van der Waals surface area contributed by atoms with Crippen molar-refractivity contribution in [3.63, 3.8) is 0 Å². The lowest BCUT2D eigenvalue weighted by atomic mass is 10.2. The van der Waals surface area contributed by atoms with Crippen LogP contribution in [0.2, 0.25) is 0 Å². The van der Waals surface area contributed by atoms with Crippen LogP contribution in [0.25, 0.3) is 0 Å². The average Bonchev–Trinajstić information content (AvgIpc) is 3.16. The van der Waals surface area contributed by atoms with E-state index in [0.717, 1.165) is 14.5 Å². The number of halogens is 1. The molecule has 0 bridgehead atoms. The highest BCUT2D eigenvalue weighted by atomic mass is 79.9. The van der Waals surface area contributed by atoms with Crippen molar-refractivity contribution in [2.75, 3.05) is 5.01 Å². The number of hydrogen-bond acceptors (Lipinski definition) is 7. The van der Waals surface area contributed by atoms with Gasteiger partial charge in [0.25, 0.3) is 5.69 Å². The minimum Gasteiger partial charge on any atom is -0.274 e. The van der Waals surface area contributed by atoms with Gasteiger partial charge in [0.1, 0.15) is 12.7 Å². The van der Waals surface area contributed by atoms with Gasteiger partial charge in [-0.1, -0.05) is 0 Å². The highest BCUT2D eigenvalue weighted by Gasteiger charge is 2.13. The highest BCUT2D eigenvalue weighted by molar-refractivity contribution is 9.11. The van der Waals surface area contributed by atoms with Crippen molar-refractivity contribution >= 4 is 38.6 Å². The monoisotopic (exact) mass is 380 g/mol. The van der Waals surface area contributed by atoms with Crippen molar-refractivity contribution < 1.29 is 4.92 Å². The maximum absolute atomic E-state index is 10.8. The zero-order valence-corrected chi connectivity index (χ0v) is 13.4. The number of aromatic nitrogens is 4. The Morgan fingerprint density at radius 1 is 1.27 bits per heavy atom. The van der Waals surface area contributed by atoms with Crippen LogP contribution in [0.4, 0.5) is 11.4 Å². The van der Waals surface area contributed by atoms with E-state index in [4.69, 9.17) is 0 Å². The van der Waals surface area contributed by atoms with Gasteiger partial charge in [-0.05, 0) is 28.1 Å². The molecule has 0 atom stereocenters. The third-order valence-electron chi connectivity index (χ3n) is 2.87. The first-order valence-corrected chi connectivity index (χ1v) is 7.71. The Morgan fingerprint density at radius 3 is 2.50 bits per heavy atom. The van der Waals surface area contributed by atoms with Gasteiger partial charge in [-0.25, -0.2) is 9.66 Å². The van der Waals surface area contributed by atoms with E-state index < -0.39 is 4.92 Å². The summed E-state index contributed by atoms with van der Waals surface area (Å²) < 4.78 is 2.52. The molecule has 0 aliphatic carbocycles. The molecule has 0 saturated heterocycles. The first-order valence-electron chi connectivity index (χ1n) is 6.10. The Morgan fingerprint density at radius 2 is 1.95 bits per heavy atom. The second-order valence-electron chi connectivity index (χ2n) is 4.25. The predicted molar refractivity (Wildman–Crippen MR) is 84.5 cm³/mol. The molecule has 0 unspecified atom stereocenters. The van der Waals surface area contributed by atoms with Crippen LogP contribution in [0.1, 0.15) is 4.88 Å². The Kier molecular flexibility index (Phi) is 4.11. The van der Waals surface area contributed by atoms with Gasteiger partial charge in [-0.3, -0.25) is 15.1 Å². The quantitative estimate of drug-likeness (QED) is 0.499. The fourth-order valence-electron chi connectivity index (χ4n) is 1.88. The van der Waals surface area contributed by atoms with Crippen LogP contribution in [0.3, 0.4) is 0 Å². The van der Waals surface area contributed by atoms with Gasteiger partial charge in [0.15, 0.2) is 3.92 Å². The molecule has 0 spiro atoms. The van der Waals surface area contributed by atoms with Crippen molar-refractivity contribution in [1.82, 2.24) is 19.9 Å². The zero-order chi connectivity index (χ0) is 15.5. The molecule has 112 valence electrons. The summed E-state index contributed by atoms with van der Waals surface area (Å²) in [5.74, 6) is 0. The molecule has 0 fully saturated rings. The van der Waals surface area contributed by atoms with Crippen molar-refractivity contribution in [3.05, 3.63) is 62.0 Å². The molecule has 10 heteroatoms. The van der Waals surface area contributed by atoms with Crippen LogP contribution >= 0.6 is 27.3 Å². The fourth-order valence-corrected chi connectivity index (χ4v) is 3.22. The summed E-state index contributed by atoms with van der Waals surface area (Å²) in [5, 5.41) is 20.3. The molecule has 0 aliphatic heterocycles. The molecule has 3 rings (SSSR count). The van der Waals surface area contributed by atoms with E-state index in [1.54, 1.807) is 35.7 Å². The number of nitro groups is 1. The molecule has 0 N–H and O–H groups in total. The normalized spacial score (nSPS) is 10.6. The molecule has 0 amide bonds. The number of non-ortho nitro benzene ring substituents is 1. The van der Waals surface area contributed by atoms with E-state index in [9.17, 15) is 10.1 Å². The summed E-state index contributed by atoms with van der Waals surface area (Å²) in [6, 6.07) is 6.31. The van der Waals surface area contributed by atoms with Gasteiger partial charge in [-0.15, -0.1) is 21.5 Å². The highest BCUT2D eigenvalue weighted by Crippen LogP contribution is 2.25. The van der Waals surface area contributed by atoms with E-state index in [1.165, 1.54) is 23.5 Å². The molecule has 2 heterocycles. The van der Waals surface area contributed by atoms with E-state index in [2.05, 4.69) is 31.1 Å². The third kappa shape index (κ3) is 3.12. The smallest absolute Gasteiger partial charge is 0.269 e. The Bertz CT molecular complexity index is 773. The van der Waals surface area contributed by atoms with Gasteiger partial charge < -0.3 is 0 Å². The second kappa shape index (κ2) is 6.20. The molecular weight excluding hydrogens is 372 g/mol. The van der Waals surface area contributed by atoms with E-state index in [1.807, 2.05) is 5.01 Å². The molecule has 0 radical (unpaired) electrons. The molecule has 0 saturated carbocycles. The van der Waals surface area contributed by atoms with Gasteiger partial charge in [0, 0.05) is 23.2 Å². The molecule has 8 nitrogen and oxygen atoms in total. The molecule has 0 aliphatic rings. The lowest BCUT2D eigenvalue weighted by molar-refractivity contribution is -0.384. The van der Waals surface area contributed by atoms with Gasteiger partial charge >= 0.3 is 0 Å². The van der Waals surface area contributed by atoms with Crippen molar-refractivity contribution in [2.45, 2.75) is 6.54 Å². The maximum atomic E-state index is 10.8. The summed E-state index contributed by atoms with van der Waals surface area (Å²) in [5.41, 5.74) is 0.836. The van der Waals surface area contributed by atoms with Crippen LogP contribution in [0, 0.1) is 10.1 Å².